The van der Waals surface area contributed by atoms with E-state index in [1.54, 1.807) is 54.6 Å². The first-order chi connectivity index (χ1) is 13.7. The minimum absolute atomic E-state index is 0.0204. The molecule has 3 aromatic carbocycles. The number of fused-ring (bicyclic) bond motifs is 1. The number of aldehydes is 1. The number of ether oxygens (including phenoxy) is 1. The molecule has 0 aliphatic heterocycles. The van der Waals surface area contributed by atoms with Crippen LogP contribution in [0.15, 0.2) is 71.1 Å². The molecule has 1 aromatic heterocycles. The first-order valence-electron chi connectivity index (χ1n) is 8.76. The molecule has 0 atom stereocenters. The first kappa shape index (κ1) is 17.9. The molecule has 0 N–H and O–H groups in total. The van der Waals surface area contributed by atoms with Gasteiger partial charge in [0.25, 0.3) is 0 Å². The number of benzene rings is 3. The fraction of sp³-hybridized carbons (Fsp3) is 0.0870. The van der Waals surface area contributed by atoms with Gasteiger partial charge in [-0.15, -0.1) is 0 Å². The summed E-state index contributed by atoms with van der Waals surface area (Å²) in [4.78, 5) is 11.5. The molecule has 28 heavy (non-hydrogen) atoms. The molecule has 1 heterocycles. The number of rotatable bonds is 6. The van der Waals surface area contributed by atoms with Gasteiger partial charge in [0.1, 0.15) is 29.6 Å². The van der Waals surface area contributed by atoms with Crippen LogP contribution >= 0.6 is 0 Å². The molecule has 3 nitrogen and oxygen atoms in total. The van der Waals surface area contributed by atoms with Gasteiger partial charge in [-0.05, 0) is 29.8 Å². The van der Waals surface area contributed by atoms with Gasteiger partial charge >= 0.3 is 0 Å². The Balaban J connectivity index is 1.75. The molecule has 5 heteroatoms. The van der Waals surface area contributed by atoms with Crippen molar-refractivity contribution in [3.8, 4) is 5.75 Å². The summed E-state index contributed by atoms with van der Waals surface area (Å²) in [6.45, 7) is 0.0204. The lowest BCUT2D eigenvalue weighted by Crippen LogP contribution is -2.00. The molecular weight excluding hydrogens is 362 g/mol. The molecular formula is C23H16F2O3. The van der Waals surface area contributed by atoms with Gasteiger partial charge in [-0.1, -0.05) is 42.5 Å². The highest BCUT2D eigenvalue weighted by atomic mass is 19.1. The second-order valence-corrected chi connectivity index (χ2v) is 6.34. The third kappa shape index (κ3) is 3.39. The summed E-state index contributed by atoms with van der Waals surface area (Å²) < 4.78 is 39.5. The van der Waals surface area contributed by atoms with E-state index in [1.165, 1.54) is 12.1 Å². The summed E-state index contributed by atoms with van der Waals surface area (Å²) >= 11 is 0. The lowest BCUT2D eigenvalue weighted by Gasteiger charge is -2.10. The maximum atomic E-state index is 14.1. The molecule has 0 radical (unpaired) electrons. The van der Waals surface area contributed by atoms with E-state index in [-0.39, 0.29) is 30.4 Å². The van der Waals surface area contributed by atoms with Crippen molar-refractivity contribution in [3.05, 3.63) is 101 Å². The van der Waals surface area contributed by atoms with Gasteiger partial charge in [-0.2, -0.15) is 0 Å². The van der Waals surface area contributed by atoms with Crippen molar-refractivity contribution >= 4 is 17.3 Å². The zero-order valence-electron chi connectivity index (χ0n) is 14.8. The molecule has 0 saturated carbocycles. The van der Waals surface area contributed by atoms with E-state index in [9.17, 15) is 13.6 Å². The first-order valence-corrected chi connectivity index (χ1v) is 8.76. The minimum Gasteiger partial charge on any atom is -0.488 e. The van der Waals surface area contributed by atoms with E-state index >= 15 is 0 Å². The van der Waals surface area contributed by atoms with Crippen molar-refractivity contribution in [2.24, 2.45) is 0 Å². The normalized spacial score (nSPS) is 10.9. The predicted molar refractivity (Wildman–Crippen MR) is 102 cm³/mol. The third-order valence-electron chi connectivity index (χ3n) is 4.58. The quantitative estimate of drug-likeness (QED) is 0.405. The topological polar surface area (TPSA) is 39.4 Å². The summed E-state index contributed by atoms with van der Waals surface area (Å²) in [6.07, 6.45) is 0.782. The van der Waals surface area contributed by atoms with E-state index < -0.39 is 0 Å². The van der Waals surface area contributed by atoms with Crippen LogP contribution in [0.5, 0.6) is 5.75 Å². The highest BCUT2D eigenvalue weighted by molar-refractivity contribution is 5.94. The molecule has 0 bridgehead atoms. The van der Waals surface area contributed by atoms with Crippen molar-refractivity contribution in [1.82, 2.24) is 0 Å². The average Bonchev–Trinajstić information content (AvgIpc) is 3.07. The van der Waals surface area contributed by atoms with Crippen LogP contribution in [0.25, 0.3) is 11.0 Å². The van der Waals surface area contributed by atoms with Crippen LogP contribution in [-0.4, -0.2) is 6.29 Å². The summed E-state index contributed by atoms with van der Waals surface area (Å²) in [6, 6.07) is 17.9. The van der Waals surface area contributed by atoms with E-state index in [4.69, 9.17) is 9.15 Å². The Bertz CT molecular complexity index is 1150. The van der Waals surface area contributed by atoms with Crippen LogP contribution < -0.4 is 4.74 Å². The van der Waals surface area contributed by atoms with E-state index in [1.807, 2.05) is 0 Å². The summed E-state index contributed by atoms with van der Waals surface area (Å²) in [5, 5.41) is 0.587. The summed E-state index contributed by atoms with van der Waals surface area (Å²) in [5.74, 6) is -0.148. The molecule has 0 fully saturated rings. The highest BCUT2D eigenvalue weighted by Crippen LogP contribution is 2.35. The average molecular weight is 378 g/mol. The van der Waals surface area contributed by atoms with E-state index in [0.29, 0.717) is 39.7 Å². The van der Waals surface area contributed by atoms with Gasteiger partial charge in [0, 0.05) is 17.5 Å². The fourth-order valence-electron chi connectivity index (χ4n) is 3.19. The Kier molecular flexibility index (Phi) is 4.89. The Morgan fingerprint density at radius 1 is 0.857 bits per heavy atom. The number of hydrogen-bond donors (Lipinski definition) is 0. The van der Waals surface area contributed by atoms with Crippen LogP contribution in [-0.2, 0) is 13.0 Å². The SMILES string of the molecule is O=Cc1oc2cccc(OCc3ccccc3F)c2c1Cc1ccccc1F. The van der Waals surface area contributed by atoms with Gasteiger partial charge in [0.15, 0.2) is 12.0 Å². The molecule has 140 valence electrons. The van der Waals surface area contributed by atoms with Crippen LogP contribution in [0, 0.1) is 11.6 Å². The largest absolute Gasteiger partial charge is 0.488 e. The van der Waals surface area contributed by atoms with Crippen LogP contribution in [0.3, 0.4) is 0 Å². The van der Waals surface area contributed by atoms with Crippen molar-refractivity contribution in [3.63, 3.8) is 0 Å². The number of carbonyl (C=O) groups is 1. The molecule has 4 rings (SSSR count). The van der Waals surface area contributed by atoms with Gasteiger partial charge < -0.3 is 9.15 Å². The van der Waals surface area contributed by atoms with Crippen molar-refractivity contribution in [2.75, 3.05) is 0 Å². The Labute approximate surface area is 160 Å². The van der Waals surface area contributed by atoms with Gasteiger partial charge in [0.2, 0.25) is 0 Å². The Morgan fingerprint density at radius 3 is 2.21 bits per heavy atom. The predicted octanol–water partition coefficient (Wildman–Crippen LogP) is 5.69. The van der Waals surface area contributed by atoms with Crippen LogP contribution in [0.1, 0.15) is 27.2 Å². The molecule has 0 spiro atoms. The van der Waals surface area contributed by atoms with Crippen molar-refractivity contribution in [2.45, 2.75) is 13.0 Å². The Hall–Kier alpha value is -3.47. The summed E-state index contributed by atoms with van der Waals surface area (Å²) in [7, 11) is 0. The fourth-order valence-corrected chi connectivity index (χ4v) is 3.19. The lowest BCUT2D eigenvalue weighted by atomic mass is 10.0. The molecule has 0 unspecified atom stereocenters. The van der Waals surface area contributed by atoms with Crippen molar-refractivity contribution in [1.29, 1.82) is 0 Å². The monoisotopic (exact) mass is 378 g/mol. The maximum absolute atomic E-state index is 14.1. The van der Waals surface area contributed by atoms with E-state index in [0.717, 1.165) is 0 Å². The number of halogens is 2. The molecule has 0 amide bonds. The van der Waals surface area contributed by atoms with Gasteiger partial charge in [-0.3, -0.25) is 4.79 Å². The standard InChI is InChI=1S/C23H16F2O3/c24-18-8-3-1-6-15(18)12-17-22(13-26)28-21-11-5-10-20(23(17)21)27-14-16-7-2-4-9-19(16)25/h1-11,13H,12,14H2. The molecule has 4 aromatic rings. The number of carbonyl (C=O) groups excluding carboxylic acids is 1. The molecule has 0 aliphatic rings. The number of hydrogen-bond acceptors (Lipinski definition) is 3. The lowest BCUT2D eigenvalue weighted by molar-refractivity contribution is 0.110. The van der Waals surface area contributed by atoms with Gasteiger partial charge in [0.05, 0.1) is 5.39 Å². The second-order valence-electron chi connectivity index (χ2n) is 6.34. The zero-order chi connectivity index (χ0) is 19.5. The maximum Gasteiger partial charge on any atom is 0.185 e. The minimum atomic E-state index is -0.363. The zero-order valence-corrected chi connectivity index (χ0v) is 14.8. The van der Waals surface area contributed by atoms with Crippen LogP contribution in [0.2, 0.25) is 0 Å². The second kappa shape index (κ2) is 7.64. The van der Waals surface area contributed by atoms with Gasteiger partial charge in [-0.25, -0.2) is 8.78 Å². The highest BCUT2D eigenvalue weighted by Gasteiger charge is 2.19. The Morgan fingerprint density at radius 2 is 1.54 bits per heavy atom. The third-order valence-corrected chi connectivity index (χ3v) is 4.58. The molecule has 0 saturated heterocycles. The molecule has 0 aliphatic carbocycles. The smallest absolute Gasteiger partial charge is 0.185 e. The number of furan rings is 1. The van der Waals surface area contributed by atoms with Crippen LogP contribution in [0.4, 0.5) is 8.78 Å². The van der Waals surface area contributed by atoms with E-state index in [2.05, 4.69) is 0 Å². The summed E-state index contributed by atoms with van der Waals surface area (Å²) in [5.41, 5.74) is 1.85. The van der Waals surface area contributed by atoms with Crippen molar-refractivity contribution < 1.29 is 22.7 Å².